The van der Waals surface area contributed by atoms with Crippen LogP contribution in [0, 0.1) is 144 Å². The second-order valence-electron chi connectivity index (χ2n) is 47.5. The van der Waals surface area contributed by atoms with Gasteiger partial charge in [-0.2, -0.15) is 0 Å². The second-order valence-corrected chi connectivity index (χ2v) is 47.5. The van der Waals surface area contributed by atoms with E-state index in [1.807, 2.05) is 96.9 Å². The first-order valence-electron chi connectivity index (χ1n) is 49.8. The molecule has 133 heavy (non-hydrogen) atoms. The van der Waals surface area contributed by atoms with Crippen LogP contribution in [-0.2, 0) is 66.7 Å². The Kier molecular flexibility index (Phi) is 55.6. The van der Waals surface area contributed by atoms with Gasteiger partial charge in [0.25, 0.3) is 0 Å². The Morgan fingerprint density at radius 2 is 0.586 bits per heavy atom. The summed E-state index contributed by atoms with van der Waals surface area (Å²) in [6.45, 7) is 63.1. The molecule has 0 aromatic rings. The number of hydrogen-bond acceptors (Lipinski definition) is 14. The molecule has 0 heterocycles. The van der Waals surface area contributed by atoms with Crippen LogP contribution < -0.4 is 0 Å². The van der Waals surface area contributed by atoms with Crippen molar-refractivity contribution in [3.63, 3.8) is 0 Å². The smallest absolute Gasteiger partial charge is 0.312 e. The lowest BCUT2D eigenvalue weighted by Crippen LogP contribution is -2.55. The van der Waals surface area contributed by atoms with Crippen LogP contribution in [-0.4, -0.2) is 81.0 Å². The summed E-state index contributed by atoms with van der Waals surface area (Å²) in [6.07, 6.45) is 42.0. The summed E-state index contributed by atoms with van der Waals surface area (Å²) in [4.78, 5) is 85.0. The third-order valence-electron chi connectivity index (χ3n) is 38.8. The van der Waals surface area contributed by atoms with Crippen molar-refractivity contribution >= 4 is 41.8 Å². The van der Waals surface area contributed by atoms with Gasteiger partial charge in [0.1, 0.15) is 39.2 Å². The van der Waals surface area contributed by atoms with Crippen LogP contribution in [0.15, 0.2) is 0 Å². The molecule has 15 rings (SSSR count). The van der Waals surface area contributed by atoms with E-state index < -0.39 is 0 Å². The van der Waals surface area contributed by atoms with Gasteiger partial charge in [0.15, 0.2) is 0 Å². The molecule has 14 heteroatoms. The normalized spacial score (nSPS) is 36.3. The first kappa shape index (κ1) is 140. The molecule has 0 amide bonds. The molecule has 15 saturated carbocycles. The largest absolute Gasteiger partial charge is 0.459 e. The molecule has 15 aliphatic carbocycles. The summed E-state index contributed by atoms with van der Waals surface area (Å²) in [5.74, 6) is 10.7. The van der Waals surface area contributed by atoms with Crippen molar-refractivity contribution < 1.29 is 66.7 Å². The van der Waals surface area contributed by atoms with E-state index in [4.69, 9.17) is 33.2 Å². The summed E-state index contributed by atoms with van der Waals surface area (Å²) in [7, 11) is 0. The molecule has 0 N–H and O–H groups in total. The molecule has 0 aliphatic heterocycles. The molecule has 0 spiro atoms. The van der Waals surface area contributed by atoms with Crippen molar-refractivity contribution in [1.29, 1.82) is 0 Å². The van der Waals surface area contributed by atoms with Gasteiger partial charge in [0.2, 0.25) is 0 Å². The highest BCUT2D eigenvalue weighted by Crippen LogP contribution is 2.72. The summed E-state index contributed by atoms with van der Waals surface area (Å²) < 4.78 is 41.7. The molecule has 0 aromatic carbocycles. The number of hydrogen-bond donors (Lipinski definition) is 0. The van der Waals surface area contributed by atoms with Crippen LogP contribution in [0.25, 0.3) is 0 Å². The molecule has 14 bridgehead atoms. The topological polar surface area (TPSA) is 184 Å². The highest BCUT2D eigenvalue weighted by molar-refractivity contribution is 5.78. The Labute approximate surface area is 830 Å². The van der Waals surface area contributed by atoms with Gasteiger partial charge in [-0.1, -0.05) is 242 Å². The molecule has 796 valence electrons. The molecule has 27 atom stereocenters. The van der Waals surface area contributed by atoms with E-state index >= 15 is 0 Å². The van der Waals surface area contributed by atoms with Crippen molar-refractivity contribution in [1.82, 2.24) is 0 Å². The molecular weight excluding hydrogens is 1650 g/mol. The van der Waals surface area contributed by atoms with E-state index in [9.17, 15) is 33.6 Å². The summed E-state index contributed by atoms with van der Waals surface area (Å²) in [5.41, 5.74) is -1.81. The van der Waals surface area contributed by atoms with E-state index in [2.05, 4.69) is 111 Å². The summed E-state index contributed by atoms with van der Waals surface area (Å²) in [6, 6.07) is 0. The number of fused-ring (bicyclic) bond motifs is 17. The maximum Gasteiger partial charge on any atom is 0.312 e. The van der Waals surface area contributed by atoms with E-state index in [1.54, 1.807) is 0 Å². The Morgan fingerprint density at radius 3 is 0.887 bits per heavy atom. The van der Waals surface area contributed by atoms with E-state index in [0.717, 1.165) is 131 Å². The molecule has 15 fully saturated rings. The van der Waals surface area contributed by atoms with Gasteiger partial charge in [0.05, 0.1) is 39.9 Å². The van der Waals surface area contributed by atoms with Crippen LogP contribution in [0.5, 0.6) is 0 Å². The first-order chi connectivity index (χ1) is 55.2. The van der Waals surface area contributed by atoms with Gasteiger partial charge in [0, 0.05) is 27.6 Å². The average Bonchev–Trinajstić information content (AvgIpc) is 1.53. The monoisotopic (exact) mass is 1890 g/mol. The minimum absolute atomic E-state index is 0. The van der Waals surface area contributed by atoms with E-state index in [0.29, 0.717) is 41.4 Å². The van der Waals surface area contributed by atoms with Crippen LogP contribution >= 0.6 is 0 Å². The fourth-order valence-corrected chi connectivity index (χ4v) is 26.7. The molecule has 15 aliphatic rings. The van der Waals surface area contributed by atoms with Crippen molar-refractivity contribution in [2.45, 2.75) is 582 Å². The zero-order valence-corrected chi connectivity index (χ0v) is 82.1. The third kappa shape index (κ3) is 27.8. The second kappa shape index (κ2) is 52.9. The van der Waals surface area contributed by atoms with Gasteiger partial charge >= 0.3 is 41.8 Å². The third-order valence-corrected chi connectivity index (χ3v) is 38.8. The maximum absolute atomic E-state index is 12.5. The molecule has 0 aromatic heterocycles. The van der Waals surface area contributed by atoms with Gasteiger partial charge in [-0.15, -0.1) is 0 Å². The zero-order valence-electron chi connectivity index (χ0n) is 82.1. The minimum Gasteiger partial charge on any atom is -0.459 e. The number of esters is 7. The predicted molar refractivity (Wildman–Crippen MR) is 572 cm³/mol. The highest BCUT2D eigenvalue weighted by atomic mass is 16.6. The number of carbonyl (C=O) groups is 7. The predicted octanol–water partition coefficient (Wildman–Crippen LogP) is 35.6. The standard InChI is InChI=1S/C17H30O2.C16H26O2.C16H28O2.C15H26O2.2C14H24O2.C13H22O2.14CH4/c1-8-14(2,3)13(18)19-17(7)15(4,5)12-9-10-16(17,6)11-12;1-4-10(2)15(17)18-16(3)9-11-8-14(16)13-7-5-6-12(11)13;1-7-11(2)13(17)18-16(6)14(3,4)12-8-9-15(16,5)10-12;1-5-14(3,4)13(16)17-15(6-2)10-11-7-8-12(15)9-11;1-5-13(2,3)12(15)16-14(4)9-10-6-7-11(14)8-10;1-4-10(3)13(15)16-14(5-2)9-11-6-7-12(14)8-11;1-4-9(2)12(14)15-13(3)8-10-5-6-11(13)7-10;;;;;;;;;;;;;;/h12H,8-11H2,1-7H3;10-14H,4-9H2,1-3H3;11-12H,7-10H2,1-6H3;11-12H,5-10H2,1-4H3;10-11H,5-9H2,1-4H3;10-12H,4-9H2,1-3H3;9-11H,4-8H2,1-3H3;14*1H4. The first-order valence-corrected chi connectivity index (χ1v) is 49.8. The van der Waals surface area contributed by atoms with E-state index in [1.165, 1.54) is 141 Å². The van der Waals surface area contributed by atoms with Crippen LogP contribution in [0.1, 0.15) is 543 Å². The van der Waals surface area contributed by atoms with E-state index in [-0.39, 0.29) is 247 Å². The average molecular weight is 1890 g/mol. The van der Waals surface area contributed by atoms with Crippen molar-refractivity contribution in [2.75, 3.05) is 0 Å². The van der Waals surface area contributed by atoms with Gasteiger partial charge in [-0.3, -0.25) is 33.6 Å². The summed E-state index contributed by atoms with van der Waals surface area (Å²) in [5, 5.41) is 0. The molecule has 0 saturated heterocycles. The quantitative estimate of drug-likeness (QED) is 0.0695. The van der Waals surface area contributed by atoms with Crippen LogP contribution in [0.4, 0.5) is 0 Å². The zero-order chi connectivity index (χ0) is 88.8. The summed E-state index contributed by atoms with van der Waals surface area (Å²) >= 11 is 0. The lowest BCUT2D eigenvalue weighted by atomic mass is 9.61. The van der Waals surface area contributed by atoms with Crippen LogP contribution in [0.3, 0.4) is 0 Å². The Hall–Kier alpha value is -3.71. The van der Waals surface area contributed by atoms with Crippen molar-refractivity contribution in [3.8, 4) is 0 Å². The lowest BCUT2D eigenvalue weighted by molar-refractivity contribution is -0.202. The number of rotatable bonds is 23. The molecule has 14 nitrogen and oxygen atoms in total. The van der Waals surface area contributed by atoms with Crippen molar-refractivity contribution in [2.24, 2.45) is 144 Å². The fourth-order valence-electron chi connectivity index (χ4n) is 26.7. The molecule has 27 unspecified atom stereocenters. The molecule has 0 radical (unpaired) electrons. The van der Waals surface area contributed by atoms with Gasteiger partial charge < -0.3 is 33.2 Å². The highest BCUT2D eigenvalue weighted by Gasteiger charge is 2.71. The number of ether oxygens (including phenoxy) is 7. The maximum atomic E-state index is 12.5. The molecular formula is C119H236O14. The Balaban J connectivity index is -0.000000348. The van der Waals surface area contributed by atoms with Gasteiger partial charge in [-0.25, -0.2) is 0 Å². The van der Waals surface area contributed by atoms with Crippen molar-refractivity contribution in [3.05, 3.63) is 0 Å². The van der Waals surface area contributed by atoms with Crippen LogP contribution in [0.2, 0.25) is 0 Å². The Morgan fingerprint density at radius 1 is 0.293 bits per heavy atom. The Bertz CT molecular complexity index is 3480. The van der Waals surface area contributed by atoms with Gasteiger partial charge in [-0.05, 0) is 378 Å². The fraction of sp³-hybridized carbons (Fsp3) is 0.941. The SMILES string of the molecule is C.C.C.C.C.C.C.C.C.C.C.C.C.C.CCC(C)(C)C(=O)OC1(C)C2(C)CCC(C2)C1(C)C.CCC(C)(C)C(=O)OC1(C)CC2CCC1C2.CCC(C)(C)C(=O)OC1(CC)CC2CCC1C2.CCC(C)C(=O)OC1(C)C2(C)CCC(C2)C1(C)C.CCC(C)C(=O)OC1(C)CC2CC1C1CCCC21.CCC(C)C(=O)OC1(C)CC2CCC1C2.CCC(C)C(=O)OC1(CC)CC2CCC1C2. The number of carbonyl (C=O) groups excluding carboxylic acids is 7. The lowest BCUT2D eigenvalue weighted by Gasteiger charge is -2.51. The minimum atomic E-state index is -0.378.